The minimum Gasteiger partial charge on any atom is -0.468 e. The fourth-order valence-corrected chi connectivity index (χ4v) is 1.74. The number of methoxy groups -OCH3 is 1. The molecule has 1 rings (SSSR count). The summed E-state index contributed by atoms with van der Waals surface area (Å²) >= 11 is 0. The average molecular weight is 271 g/mol. The maximum Gasteiger partial charge on any atom is 0.323 e. The molecule has 19 heavy (non-hydrogen) atoms. The fraction of sp³-hybridized carbons (Fsp3) is 0.500. The Hall–Kier alpha value is -1.49. The molecule has 5 heteroatoms. The molecule has 0 aliphatic heterocycles. The van der Waals surface area contributed by atoms with Gasteiger partial charge >= 0.3 is 5.97 Å². The second-order valence-electron chi connectivity index (χ2n) is 4.70. The summed E-state index contributed by atoms with van der Waals surface area (Å²) in [6, 6.07) is 6.79. The van der Waals surface area contributed by atoms with Crippen molar-refractivity contribution in [1.29, 1.82) is 0 Å². The topological polar surface area (TPSA) is 38.3 Å². The summed E-state index contributed by atoms with van der Waals surface area (Å²) in [4.78, 5) is 11.5. The van der Waals surface area contributed by atoms with Crippen LogP contribution in [0.1, 0.15) is 19.4 Å². The first-order valence-electron chi connectivity index (χ1n) is 6.13. The van der Waals surface area contributed by atoms with Gasteiger partial charge < -0.3 is 4.74 Å². The van der Waals surface area contributed by atoms with Gasteiger partial charge in [-0.1, -0.05) is 44.2 Å². The number of hydrogen-bond donors (Lipinski definition) is 1. The first-order valence-corrected chi connectivity index (χ1v) is 6.13. The molecule has 0 bridgehead atoms. The van der Waals surface area contributed by atoms with Crippen molar-refractivity contribution < 1.29 is 18.3 Å². The smallest absolute Gasteiger partial charge is 0.323 e. The minimum atomic E-state index is -3.03. The summed E-state index contributed by atoms with van der Waals surface area (Å²) in [6.07, 6.45) is 0. The molecule has 0 spiro atoms. The number of carbonyl (C=O) groups excluding carboxylic acids is 1. The number of carbonyl (C=O) groups is 1. The predicted molar refractivity (Wildman–Crippen MR) is 69.0 cm³/mol. The Morgan fingerprint density at radius 2 is 1.89 bits per heavy atom. The highest BCUT2D eigenvalue weighted by molar-refractivity contribution is 5.75. The Labute approximate surface area is 112 Å². The lowest BCUT2D eigenvalue weighted by Crippen LogP contribution is -2.46. The van der Waals surface area contributed by atoms with Crippen molar-refractivity contribution in [2.24, 2.45) is 5.92 Å². The summed E-state index contributed by atoms with van der Waals surface area (Å²) in [7, 11) is 1.24. The van der Waals surface area contributed by atoms with Crippen molar-refractivity contribution in [1.82, 2.24) is 5.32 Å². The molecule has 0 aromatic heterocycles. The molecule has 0 saturated heterocycles. The van der Waals surface area contributed by atoms with Crippen LogP contribution in [0.3, 0.4) is 0 Å². The van der Waals surface area contributed by atoms with Gasteiger partial charge in [-0.15, -0.1) is 0 Å². The molecular formula is C14H19F2NO2. The van der Waals surface area contributed by atoms with Crippen LogP contribution in [0.5, 0.6) is 0 Å². The fourth-order valence-electron chi connectivity index (χ4n) is 1.74. The first kappa shape index (κ1) is 15.6. The van der Waals surface area contributed by atoms with Gasteiger partial charge in [0.05, 0.1) is 13.7 Å². The molecule has 1 N–H and O–H groups in total. The largest absolute Gasteiger partial charge is 0.468 e. The van der Waals surface area contributed by atoms with Gasteiger partial charge in [-0.2, -0.15) is 8.78 Å². The number of benzene rings is 1. The molecule has 3 nitrogen and oxygen atoms in total. The maximum atomic E-state index is 13.9. The maximum absolute atomic E-state index is 13.9. The van der Waals surface area contributed by atoms with E-state index in [-0.39, 0.29) is 11.5 Å². The Morgan fingerprint density at radius 1 is 1.32 bits per heavy atom. The van der Waals surface area contributed by atoms with Gasteiger partial charge in [0.15, 0.2) is 0 Å². The van der Waals surface area contributed by atoms with E-state index in [0.29, 0.717) is 0 Å². The number of halogens is 2. The van der Waals surface area contributed by atoms with Gasteiger partial charge in [0.25, 0.3) is 5.92 Å². The van der Waals surface area contributed by atoms with Gasteiger partial charge in [-0.05, 0) is 5.92 Å². The molecule has 0 aliphatic rings. The van der Waals surface area contributed by atoms with E-state index in [9.17, 15) is 13.6 Å². The highest BCUT2D eigenvalue weighted by atomic mass is 19.3. The predicted octanol–water partition coefficient (Wildman–Crippen LogP) is 2.57. The van der Waals surface area contributed by atoms with Gasteiger partial charge in [0.1, 0.15) is 6.04 Å². The van der Waals surface area contributed by atoms with Crippen LogP contribution in [0.25, 0.3) is 0 Å². The van der Waals surface area contributed by atoms with Crippen molar-refractivity contribution in [3.63, 3.8) is 0 Å². The summed E-state index contributed by atoms with van der Waals surface area (Å²) in [6.45, 7) is 2.94. The highest BCUT2D eigenvalue weighted by Gasteiger charge is 2.34. The van der Waals surface area contributed by atoms with Crippen LogP contribution in [0, 0.1) is 5.92 Å². The number of hydrogen-bond acceptors (Lipinski definition) is 3. The molecule has 0 heterocycles. The zero-order valence-corrected chi connectivity index (χ0v) is 11.3. The molecular weight excluding hydrogens is 252 g/mol. The molecule has 1 aromatic rings. The van der Waals surface area contributed by atoms with E-state index >= 15 is 0 Å². The Bertz CT molecular complexity index is 407. The standard InChI is InChI=1S/C14H19F2NO2/c1-10(2)12(13(18)19-3)17-9-14(15,16)11-7-5-4-6-8-11/h4-8,10,12,17H,9H2,1-3H3. The second-order valence-corrected chi connectivity index (χ2v) is 4.70. The number of nitrogens with one attached hydrogen (secondary N) is 1. The highest BCUT2D eigenvalue weighted by Crippen LogP contribution is 2.27. The number of esters is 1. The monoisotopic (exact) mass is 271 g/mol. The molecule has 1 aromatic carbocycles. The van der Waals surface area contributed by atoms with E-state index in [2.05, 4.69) is 10.1 Å². The third-order valence-electron chi connectivity index (χ3n) is 2.86. The molecule has 0 radical (unpaired) electrons. The molecule has 0 fully saturated rings. The lowest BCUT2D eigenvalue weighted by molar-refractivity contribution is -0.144. The van der Waals surface area contributed by atoms with E-state index in [1.54, 1.807) is 32.0 Å². The summed E-state index contributed by atoms with van der Waals surface area (Å²) < 4.78 is 32.5. The van der Waals surface area contributed by atoms with Crippen molar-refractivity contribution in [2.45, 2.75) is 25.8 Å². The van der Waals surface area contributed by atoms with Crippen LogP contribution in [-0.2, 0) is 15.5 Å². The Balaban J connectivity index is 2.71. The lowest BCUT2D eigenvalue weighted by atomic mass is 10.0. The van der Waals surface area contributed by atoms with E-state index in [4.69, 9.17) is 0 Å². The van der Waals surface area contributed by atoms with Gasteiger partial charge in [0.2, 0.25) is 0 Å². The molecule has 1 unspecified atom stereocenters. The van der Waals surface area contributed by atoms with E-state index in [1.165, 1.54) is 19.2 Å². The van der Waals surface area contributed by atoms with Crippen molar-refractivity contribution in [3.05, 3.63) is 35.9 Å². The normalized spacial score (nSPS) is 13.4. The first-order chi connectivity index (χ1) is 8.88. The number of alkyl halides is 2. The summed E-state index contributed by atoms with van der Waals surface area (Å²) in [5, 5.41) is 2.58. The number of ether oxygens (including phenoxy) is 1. The van der Waals surface area contributed by atoms with Crippen molar-refractivity contribution >= 4 is 5.97 Å². The molecule has 0 aliphatic carbocycles. The van der Waals surface area contributed by atoms with Crippen LogP contribution in [0.4, 0.5) is 8.78 Å². The third kappa shape index (κ3) is 4.28. The molecule has 0 amide bonds. The molecule has 0 saturated carbocycles. The number of rotatable bonds is 6. The average Bonchev–Trinajstić information content (AvgIpc) is 2.39. The summed E-state index contributed by atoms with van der Waals surface area (Å²) in [5.74, 6) is -3.68. The van der Waals surface area contributed by atoms with Crippen molar-refractivity contribution in [3.8, 4) is 0 Å². The SMILES string of the molecule is COC(=O)C(NCC(F)(F)c1ccccc1)C(C)C. The van der Waals surface area contributed by atoms with Crippen LogP contribution < -0.4 is 5.32 Å². The minimum absolute atomic E-state index is 0.0742. The zero-order valence-electron chi connectivity index (χ0n) is 11.3. The van der Waals surface area contributed by atoms with Crippen LogP contribution in [0.2, 0.25) is 0 Å². The zero-order chi connectivity index (χ0) is 14.5. The van der Waals surface area contributed by atoms with Crippen LogP contribution in [-0.4, -0.2) is 25.7 Å². The van der Waals surface area contributed by atoms with Gasteiger partial charge in [-0.3, -0.25) is 10.1 Å². The van der Waals surface area contributed by atoms with Crippen LogP contribution in [0.15, 0.2) is 30.3 Å². The van der Waals surface area contributed by atoms with E-state index < -0.39 is 24.5 Å². The quantitative estimate of drug-likeness (QED) is 0.808. The second kappa shape index (κ2) is 6.61. The lowest BCUT2D eigenvalue weighted by Gasteiger charge is -2.24. The Morgan fingerprint density at radius 3 is 2.37 bits per heavy atom. The van der Waals surface area contributed by atoms with Crippen molar-refractivity contribution in [2.75, 3.05) is 13.7 Å². The molecule has 106 valence electrons. The molecule has 1 atom stereocenters. The van der Waals surface area contributed by atoms with Gasteiger partial charge in [0, 0.05) is 5.56 Å². The van der Waals surface area contributed by atoms with Gasteiger partial charge in [-0.25, -0.2) is 0 Å². The van der Waals surface area contributed by atoms with E-state index in [0.717, 1.165) is 0 Å². The van der Waals surface area contributed by atoms with E-state index in [1.807, 2.05) is 0 Å². The Kier molecular flexibility index (Phi) is 5.42. The third-order valence-corrected chi connectivity index (χ3v) is 2.86. The van der Waals surface area contributed by atoms with Crippen LogP contribution >= 0.6 is 0 Å². The summed E-state index contributed by atoms with van der Waals surface area (Å²) in [5.41, 5.74) is -0.0742.